The molecule has 1 fully saturated rings. The largest absolute Gasteiger partial charge is 0.380 e. The molecule has 0 aromatic carbocycles. The number of aliphatic hydroxyl groups excluding tert-OH is 1. The molecule has 0 bridgehead atoms. The van der Waals surface area contributed by atoms with E-state index in [1.165, 1.54) is 0 Å². The molecule has 0 saturated carbocycles. The fourth-order valence-electron chi connectivity index (χ4n) is 1.20. The quantitative estimate of drug-likeness (QED) is 0.614. The zero-order valence-corrected chi connectivity index (χ0v) is 7.41. The van der Waals surface area contributed by atoms with Gasteiger partial charge in [-0.15, -0.1) is 6.42 Å². The maximum Gasteiger partial charge on any atom is 0.163 e. The Kier molecular flexibility index (Phi) is 2.73. The predicted molar refractivity (Wildman–Crippen MR) is 44.4 cm³/mol. The van der Waals surface area contributed by atoms with Crippen LogP contribution in [0.15, 0.2) is 0 Å². The molecule has 0 aromatic rings. The van der Waals surface area contributed by atoms with Crippen LogP contribution in [0, 0.1) is 12.3 Å². The van der Waals surface area contributed by atoms with Gasteiger partial charge < -0.3 is 14.6 Å². The van der Waals surface area contributed by atoms with Crippen molar-refractivity contribution in [1.82, 2.24) is 0 Å². The number of hydrogen-bond donors (Lipinski definition) is 1. The van der Waals surface area contributed by atoms with Crippen molar-refractivity contribution in [2.75, 3.05) is 6.61 Å². The van der Waals surface area contributed by atoms with Crippen molar-refractivity contribution >= 4 is 0 Å². The first-order chi connectivity index (χ1) is 5.53. The smallest absolute Gasteiger partial charge is 0.163 e. The zero-order chi connectivity index (χ0) is 9.19. The summed E-state index contributed by atoms with van der Waals surface area (Å²) in [4.78, 5) is 0. The molecule has 2 atom stereocenters. The van der Waals surface area contributed by atoms with Gasteiger partial charge in [-0.1, -0.05) is 5.92 Å². The molecule has 0 aliphatic carbocycles. The van der Waals surface area contributed by atoms with E-state index in [0.717, 1.165) is 0 Å². The first kappa shape index (κ1) is 9.53. The van der Waals surface area contributed by atoms with Crippen LogP contribution in [0.1, 0.15) is 20.3 Å². The molecule has 1 aliphatic rings. The molecular weight excluding hydrogens is 156 g/mol. The Bertz CT molecular complexity index is 192. The molecular formula is C9H14O3. The standard InChI is InChI=1S/C9H14O3/c1-4-7(10)5-8-6-11-9(2,3)12-8/h1,7-8,10H,5-6H2,2-3H3/t7-,8-/m0/s1. The van der Waals surface area contributed by atoms with E-state index in [2.05, 4.69) is 5.92 Å². The van der Waals surface area contributed by atoms with Crippen molar-refractivity contribution in [2.45, 2.75) is 38.3 Å². The summed E-state index contributed by atoms with van der Waals surface area (Å²) in [6.07, 6.45) is 4.66. The second-order valence-corrected chi connectivity index (χ2v) is 3.37. The SMILES string of the molecule is C#C[C@H](O)C[C@H]1COC(C)(C)O1. The highest BCUT2D eigenvalue weighted by Crippen LogP contribution is 2.24. The number of terminal acetylenes is 1. The van der Waals surface area contributed by atoms with Gasteiger partial charge in [0.05, 0.1) is 12.7 Å². The van der Waals surface area contributed by atoms with Gasteiger partial charge in [-0.3, -0.25) is 0 Å². The summed E-state index contributed by atoms with van der Waals surface area (Å²) in [5, 5.41) is 9.12. The summed E-state index contributed by atoms with van der Waals surface area (Å²) in [5.74, 6) is 1.71. The van der Waals surface area contributed by atoms with Crippen molar-refractivity contribution in [2.24, 2.45) is 0 Å². The van der Waals surface area contributed by atoms with E-state index in [9.17, 15) is 0 Å². The third kappa shape index (κ3) is 2.49. The van der Waals surface area contributed by atoms with E-state index in [-0.39, 0.29) is 6.10 Å². The third-order valence-electron chi connectivity index (χ3n) is 1.75. The van der Waals surface area contributed by atoms with E-state index < -0.39 is 11.9 Å². The van der Waals surface area contributed by atoms with Crippen LogP contribution in [0.25, 0.3) is 0 Å². The van der Waals surface area contributed by atoms with Crippen LogP contribution in [0.5, 0.6) is 0 Å². The molecule has 3 heteroatoms. The van der Waals surface area contributed by atoms with E-state index >= 15 is 0 Å². The summed E-state index contributed by atoms with van der Waals surface area (Å²) < 4.78 is 10.7. The number of aliphatic hydroxyl groups is 1. The molecule has 12 heavy (non-hydrogen) atoms. The number of hydrogen-bond acceptors (Lipinski definition) is 3. The van der Waals surface area contributed by atoms with Crippen LogP contribution >= 0.6 is 0 Å². The normalized spacial score (nSPS) is 29.7. The first-order valence-electron chi connectivity index (χ1n) is 3.99. The molecule has 0 aromatic heterocycles. The minimum absolute atomic E-state index is 0.0777. The summed E-state index contributed by atoms with van der Waals surface area (Å²) in [7, 11) is 0. The molecule has 1 N–H and O–H groups in total. The van der Waals surface area contributed by atoms with E-state index in [4.69, 9.17) is 21.0 Å². The Morgan fingerprint density at radius 2 is 2.42 bits per heavy atom. The van der Waals surface area contributed by atoms with Gasteiger partial charge in [0, 0.05) is 6.42 Å². The second-order valence-electron chi connectivity index (χ2n) is 3.37. The van der Waals surface area contributed by atoms with Crippen LogP contribution in [-0.2, 0) is 9.47 Å². The van der Waals surface area contributed by atoms with Gasteiger partial charge in [-0.05, 0) is 13.8 Å². The molecule has 1 heterocycles. The Balaban J connectivity index is 2.34. The Morgan fingerprint density at radius 1 is 1.75 bits per heavy atom. The molecule has 0 amide bonds. The minimum atomic E-state index is -0.729. The fraction of sp³-hybridized carbons (Fsp3) is 0.778. The van der Waals surface area contributed by atoms with Gasteiger partial charge in [0.2, 0.25) is 0 Å². The highest BCUT2D eigenvalue weighted by Gasteiger charge is 2.33. The topological polar surface area (TPSA) is 38.7 Å². The second kappa shape index (κ2) is 3.44. The van der Waals surface area contributed by atoms with Crippen molar-refractivity contribution in [3.05, 3.63) is 0 Å². The lowest BCUT2D eigenvalue weighted by molar-refractivity contribution is -0.140. The molecule has 0 unspecified atom stereocenters. The molecule has 1 aliphatic heterocycles. The van der Waals surface area contributed by atoms with Crippen LogP contribution in [-0.4, -0.2) is 29.7 Å². The van der Waals surface area contributed by atoms with Crippen LogP contribution < -0.4 is 0 Å². The maximum atomic E-state index is 9.12. The lowest BCUT2D eigenvalue weighted by Gasteiger charge is -2.17. The molecule has 0 radical (unpaired) electrons. The Labute approximate surface area is 72.7 Å². The van der Waals surface area contributed by atoms with E-state index in [1.54, 1.807) is 0 Å². The predicted octanol–water partition coefficient (Wildman–Crippen LogP) is 0.522. The molecule has 1 saturated heterocycles. The summed E-state index contributed by atoms with van der Waals surface area (Å²) in [6.45, 7) is 4.19. The molecule has 68 valence electrons. The van der Waals surface area contributed by atoms with Gasteiger partial charge in [0.1, 0.15) is 6.10 Å². The highest BCUT2D eigenvalue weighted by atomic mass is 16.7. The van der Waals surface area contributed by atoms with Crippen LogP contribution in [0.3, 0.4) is 0 Å². The highest BCUT2D eigenvalue weighted by molar-refractivity contribution is 4.95. The molecule has 1 rings (SSSR count). The Morgan fingerprint density at radius 3 is 2.83 bits per heavy atom. The Hall–Kier alpha value is -0.560. The maximum absolute atomic E-state index is 9.12. The minimum Gasteiger partial charge on any atom is -0.380 e. The lowest BCUT2D eigenvalue weighted by atomic mass is 10.2. The molecule has 3 nitrogen and oxygen atoms in total. The fourth-order valence-corrected chi connectivity index (χ4v) is 1.20. The van der Waals surface area contributed by atoms with Crippen LogP contribution in [0.2, 0.25) is 0 Å². The summed E-state index contributed by atoms with van der Waals surface area (Å²) in [6, 6.07) is 0. The number of rotatable bonds is 2. The van der Waals surface area contributed by atoms with Crippen molar-refractivity contribution in [3.8, 4) is 12.3 Å². The van der Waals surface area contributed by atoms with Gasteiger partial charge in [-0.2, -0.15) is 0 Å². The summed E-state index contributed by atoms with van der Waals surface area (Å²) in [5.41, 5.74) is 0. The first-order valence-corrected chi connectivity index (χ1v) is 3.99. The van der Waals surface area contributed by atoms with E-state index in [0.29, 0.717) is 13.0 Å². The van der Waals surface area contributed by atoms with E-state index in [1.807, 2.05) is 13.8 Å². The molecule has 0 spiro atoms. The number of ether oxygens (including phenoxy) is 2. The van der Waals surface area contributed by atoms with Gasteiger partial charge in [-0.25, -0.2) is 0 Å². The lowest BCUT2D eigenvalue weighted by Crippen LogP contribution is -2.23. The van der Waals surface area contributed by atoms with Crippen LogP contribution in [0.4, 0.5) is 0 Å². The van der Waals surface area contributed by atoms with Gasteiger partial charge in [0.15, 0.2) is 5.79 Å². The van der Waals surface area contributed by atoms with Crippen molar-refractivity contribution < 1.29 is 14.6 Å². The average molecular weight is 170 g/mol. The van der Waals surface area contributed by atoms with Gasteiger partial charge >= 0.3 is 0 Å². The monoisotopic (exact) mass is 170 g/mol. The van der Waals surface area contributed by atoms with Gasteiger partial charge in [0.25, 0.3) is 0 Å². The van der Waals surface area contributed by atoms with Crippen molar-refractivity contribution in [1.29, 1.82) is 0 Å². The zero-order valence-electron chi connectivity index (χ0n) is 7.41. The summed E-state index contributed by atoms with van der Waals surface area (Å²) >= 11 is 0. The van der Waals surface area contributed by atoms with Crippen molar-refractivity contribution in [3.63, 3.8) is 0 Å². The average Bonchev–Trinajstić information content (AvgIpc) is 2.30. The third-order valence-corrected chi connectivity index (χ3v) is 1.75.